The zero-order chi connectivity index (χ0) is 12.5. The van der Waals surface area contributed by atoms with Crippen LogP contribution in [0.25, 0.3) is 0 Å². The van der Waals surface area contributed by atoms with E-state index in [-0.39, 0.29) is 11.2 Å². The first kappa shape index (κ1) is 12.5. The molecule has 0 aromatic heterocycles. The van der Waals surface area contributed by atoms with Crippen molar-refractivity contribution in [3.05, 3.63) is 35.6 Å². The van der Waals surface area contributed by atoms with Gasteiger partial charge >= 0.3 is 0 Å². The Labute approximate surface area is 102 Å². The molecule has 17 heavy (non-hydrogen) atoms. The van der Waals surface area contributed by atoms with Gasteiger partial charge < -0.3 is 10.8 Å². The average molecular weight is 237 g/mol. The van der Waals surface area contributed by atoms with Crippen molar-refractivity contribution in [1.82, 2.24) is 0 Å². The van der Waals surface area contributed by atoms with E-state index in [0.717, 1.165) is 25.7 Å². The van der Waals surface area contributed by atoms with Crippen LogP contribution in [0.5, 0.6) is 0 Å². The zero-order valence-corrected chi connectivity index (χ0v) is 10.2. The summed E-state index contributed by atoms with van der Waals surface area (Å²) in [6, 6.07) is 6.44. The second-order valence-electron chi connectivity index (χ2n) is 5.24. The third-order valence-corrected chi connectivity index (χ3v) is 4.38. The van der Waals surface area contributed by atoms with Crippen LogP contribution < -0.4 is 5.73 Å². The Kier molecular flexibility index (Phi) is 3.23. The summed E-state index contributed by atoms with van der Waals surface area (Å²) in [7, 11) is 0. The monoisotopic (exact) mass is 237 g/mol. The van der Waals surface area contributed by atoms with Crippen molar-refractivity contribution >= 4 is 0 Å². The van der Waals surface area contributed by atoms with E-state index in [1.54, 1.807) is 25.1 Å². The maximum Gasteiger partial charge on any atom is 0.129 e. The van der Waals surface area contributed by atoms with Crippen LogP contribution in [-0.2, 0) is 5.60 Å². The highest BCUT2D eigenvalue weighted by Gasteiger charge is 2.49. The summed E-state index contributed by atoms with van der Waals surface area (Å²) < 4.78 is 13.8. The Hall–Kier alpha value is -0.930. The highest BCUT2D eigenvalue weighted by Crippen LogP contribution is 2.50. The molecule has 0 saturated heterocycles. The topological polar surface area (TPSA) is 46.2 Å². The normalized spacial score (nSPS) is 22.4. The van der Waals surface area contributed by atoms with Crippen LogP contribution in [0.4, 0.5) is 4.39 Å². The van der Waals surface area contributed by atoms with E-state index in [1.165, 1.54) is 6.07 Å². The van der Waals surface area contributed by atoms with Gasteiger partial charge in [0.15, 0.2) is 0 Å². The number of benzene rings is 1. The van der Waals surface area contributed by atoms with Crippen LogP contribution in [0.3, 0.4) is 0 Å². The second-order valence-corrected chi connectivity index (χ2v) is 5.24. The fourth-order valence-electron chi connectivity index (χ4n) is 3.08. The Morgan fingerprint density at radius 1 is 1.35 bits per heavy atom. The van der Waals surface area contributed by atoms with E-state index in [4.69, 9.17) is 5.73 Å². The molecule has 0 radical (unpaired) electrons. The first-order valence-electron chi connectivity index (χ1n) is 6.21. The molecular formula is C14H20FNO. The molecule has 0 aliphatic heterocycles. The van der Waals surface area contributed by atoms with Crippen LogP contribution in [0.15, 0.2) is 24.3 Å². The lowest BCUT2D eigenvalue weighted by Crippen LogP contribution is -2.47. The van der Waals surface area contributed by atoms with Crippen LogP contribution >= 0.6 is 0 Å². The van der Waals surface area contributed by atoms with E-state index < -0.39 is 5.60 Å². The van der Waals surface area contributed by atoms with Crippen molar-refractivity contribution in [2.75, 3.05) is 6.54 Å². The first-order chi connectivity index (χ1) is 8.03. The van der Waals surface area contributed by atoms with E-state index in [9.17, 15) is 9.50 Å². The van der Waals surface area contributed by atoms with E-state index in [0.29, 0.717) is 12.1 Å². The molecular weight excluding hydrogens is 217 g/mol. The smallest absolute Gasteiger partial charge is 0.129 e. The van der Waals surface area contributed by atoms with Crippen LogP contribution in [0.1, 0.15) is 38.2 Å². The van der Waals surface area contributed by atoms with Gasteiger partial charge in [0.1, 0.15) is 5.82 Å². The highest BCUT2D eigenvalue weighted by atomic mass is 19.1. The van der Waals surface area contributed by atoms with Gasteiger partial charge in [0, 0.05) is 17.5 Å². The minimum Gasteiger partial charge on any atom is -0.385 e. The summed E-state index contributed by atoms with van der Waals surface area (Å²) in [4.78, 5) is 0. The molecule has 0 amide bonds. The van der Waals surface area contributed by atoms with Gasteiger partial charge in [-0.25, -0.2) is 4.39 Å². The molecule has 0 bridgehead atoms. The lowest BCUT2D eigenvalue weighted by atomic mass is 9.68. The molecule has 2 nitrogen and oxygen atoms in total. The molecule has 1 saturated carbocycles. The Morgan fingerprint density at radius 2 is 1.94 bits per heavy atom. The molecule has 1 aliphatic carbocycles. The molecule has 1 aromatic rings. The average Bonchev–Trinajstić information content (AvgIpc) is 2.79. The number of hydrogen-bond acceptors (Lipinski definition) is 2. The van der Waals surface area contributed by atoms with Gasteiger partial charge in [0.05, 0.1) is 5.60 Å². The predicted octanol–water partition coefficient (Wildman–Crippen LogP) is 2.55. The van der Waals surface area contributed by atoms with Crippen molar-refractivity contribution in [3.63, 3.8) is 0 Å². The van der Waals surface area contributed by atoms with Crippen LogP contribution in [0.2, 0.25) is 0 Å². The van der Waals surface area contributed by atoms with Crippen LogP contribution in [-0.4, -0.2) is 11.7 Å². The summed E-state index contributed by atoms with van der Waals surface area (Å²) in [6.45, 7) is 2.10. The number of nitrogens with two attached hydrogens (primary N) is 1. The third kappa shape index (κ3) is 1.87. The van der Waals surface area contributed by atoms with Gasteiger partial charge in [-0.15, -0.1) is 0 Å². The standard InChI is InChI=1S/C14H20FNO/c1-13(17,11-6-2-3-7-12(11)15)14(10-16)8-4-5-9-14/h2-3,6-7,17H,4-5,8-10,16H2,1H3. The number of halogens is 1. The van der Waals surface area contributed by atoms with Crippen molar-refractivity contribution in [3.8, 4) is 0 Å². The fourth-order valence-corrected chi connectivity index (χ4v) is 3.08. The van der Waals surface area contributed by atoms with Gasteiger partial charge in [-0.1, -0.05) is 31.0 Å². The highest BCUT2D eigenvalue weighted by molar-refractivity contribution is 5.27. The maximum atomic E-state index is 13.8. The Morgan fingerprint density at radius 3 is 2.47 bits per heavy atom. The molecule has 0 heterocycles. The summed E-state index contributed by atoms with van der Waals surface area (Å²) in [5, 5.41) is 10.8. The maximum absolute atomic E-state index is 13.8. The molecule has 2 rings (SSSR count). The number of rotatable bonds is 3. The first-order valence-corrected chi connectivity index (χ1v) is 6.21. The van der Waals surface area contributed by atoms with E-state index in [1.807, 2.05) is 0 Å². The molecule has 3 heteroatoms. The van der Waals surface area contributed by atoms with Crippen molar-refractivity contribution in [1.29, 1.82) is 0 Å². The summed E-state index contributed by atoms with van der Waals surface area (Å²) in [5.74, 6) is -0.350. The summed E-state index contributed by atoms with van der Waals surface area (Å²) in [6.07, 6.45) is 3.85. The summed E-state index contributed by atoms with van der Waals surface area (Å²) in [5.41, 5.74) is 4.66. The minimum absolute atomic E-state index is 0.350. The molecule has 1 aromatic carbocycles. The Balaban J connectivity index is 2.45. The SMILES string of the molecule is CC(O)(c1ccccc1F)C1(CN)CCCC1. The summed E-state index contributed by atoms with van der Waals surface area (Å²) >= 11 is 0. The third-order valence-electron chi connectivity index (χ3n) is 4.38. The number of hydrogen-bond donors (Lipinski definition) is 2. The van der Waals surface area contributed by atoms with E-state index in [2.05, 4.69) is 0 Å². The van der Waals surface area contributed by atoms with E-state index >= 15 is 0 Å². The zero-order valence-electron chi connectivity index (χ0n) is 10.2. The lowest BCUT2D eigenvalue weighted by molar-refractivity contribution is -0.0717. The van der Waals surface area contributed by atoms with Gasteiger partial charge in [0.2, 0.25) is 0 Å². The van der Waals surface area contributed by atoms with Gasteiger partial charge in [-0.2, -0.15) is 0 Å². The van der Waals surface area contributed by atoms with Crippen molar-refractivity contribution in [2.45, 2.75) is 38.2 Å². The van der Waals surface area contributed by atoms with Gasteiger partial charge in [0.25, 0.3) is 0 Å². The lowest BCUT2D eigenvalue weighted by Gasteiger charge is -2.42. The molecule has 1 atom stereocenters. The second kappa shape index (κ2) is 4.39. The molecule has 1 aliphatic rings. The fraction of sp³-hybridized carbons (Fsp3) is 0.571. The van der Waals surface area contributed by atoms with Gasteiger partial charge in [-0.05, 0) is 25.8 Å². The quantitative estimate of drug-likeness (QED) is 0.848. The van der Waals surface area contributed by atoms with Crippen molar-refractivity contribution in [2.24, 2.45) is 11.1 Å². The van der Waals surface area contributed by atoms with Crippen LogP contribution in [0, 0.1) is 11.2 Å². The molecule has 0 spiro atoms. The molecule has 1 unspecified atom stereocenters. The molecule has 1 fully saturated rings. The van der Waals surface area contributed by atoms with Gasteiger partial charge in [-0.3, -0.25) is 0 Å². The van der Waals surface area contributed by atoms with Crippen molar-refractivity contribution < 1.29 is 9.50 Å². The predicted molar refractivity (Wildman–Crippen MR) is 65.9 cm³/mol. The Bertz CT molecular complexity index is 397. The largest absolute Gasteiger partial charge is 0.385 e. The molecule has 3 N–H and O–H groups in total. The number of aliphatic hydroxyl groups is 1. The minimum atomic E-state index is -1.19. The molecule has 94 valence electrons.